The van der Waals surface area contributed by atoms with Gasteiger partial charge in [0.05, 0.1) is 30.7 Å². The first-order valence-electron chi connectivity index (χ1n) is 11.4. The third-order valence-electron chi connectivity index (χ3n) is 5.53. The third kappa shape index (κ3) is 7.85. The van der Waals surface area contributed by atoms with Gasteiger partial charge in [-0.1, -0.05) is 0 Å². The Hall–Kier alpha value is -3.79. The predicted molar refractivity (Wildman–Crippen MR) is 123 cm³/mol. The first kappa shape index (κ1) is 27.8. The molecule has 1 fully saturated rings. The van der Waals surface area contributed by atoms with Crippen LogP contribution in [-0.2, 0) is 15.7 Å². The molecule has 2 amide bonds. The summed E-state index contributed by atoms with van der Waals surface area (Å²) in [5.41, 5.74) is -1.52. The molecule has 13 nitrogen and oxygen atoms in total. The standard InChI is InChI=1S/C21H27F3N8O5/c1-12(28-15-10-27-30-19(35)17(15)21(22,23)24)11-37-7-4-16(33)29-14-2-5-32(6-3-14)20-25-8-13(9-26-20)18(34)31-36/h8-10,12,14,36H,2-7,11H2,1H3,(H,29,33)(H,31,34)(H2,28,30,35)/t12-/m0/s1. The molecule has 2 aromatic rings. The number of aromatic amines is 1. The molecule has 0 bridgehead atoms. The zero-order valence-electron chi connectivity index (χ0n) is 19.8. The molecule has 16 heteroatoms. The van der Waals surface area contributed by atoms with Crippen LogP contribution >= 0.6 is 0 Å². The summed E-state index contributed by atoms with van der Waals surface area (Å²) in [6.07, 6.45) is 0.0433. The minimum Gasteiger partial charge on any atom is -0.379 e. The molecule has 5 N–H and O–H groups in total. The van der Waals surface area contributed by atoms with Crippen molar-refractivity contribution in [3.63, 3.8) is 0 Å². The molecule has 0 saturated carbocycles. The summed E-state index contributed by atoms with van der Waals surface area (Å²) >= 11 is 0. The van der Waals surface area contributed by atoms with E-state index in [9.17, 15) is 27.6 Å². The molecule has 0 spiro atoms. The average molecular weight is 528 g/mol. The van der Waals surface area contributed by atoms with Gasteiger partial charge in [-0.2, -0.15) is 18.3 Å². The van der Waals surface area contributed by atoms with Crippen LogP contribution in [0.5, 0.6) is 0 Å². The highest BCUT2D eigenvalue weighted by Gasteiger charge is 2.37. The largest absolute Gasteiger partial charge is 0.423 e. The maximum atomic E-state index is 13.1. The van der Waals surface area contributed by atoms with Gasteiger partial charge >= 0.3 is 6.18 Å². The van der Waals surface area contributed by atoms with E-state index < -0.39 is 34.9 Å². The Morgan fingerprint density at radius 1 is 1.24 bits per heavy atom. The van der Waals surface area contributed by atoms with E-state index >= 15 is 0 Å². The molecule has 1 atom stereocenters. The van der Waals surface area contributed by atoms with Crippen LogP contribution in [0.2, 0.25) is 0 Å². The highest BCUT2D eigenvalue weighted by atomic mass is 19.4. The Kier molecular flexibility index (Phi) is 9.35. The SMILES string of the molecule is C[C@@H](COCCC(=O)NC1CCN(c2ncc(C(=O)NO)cn2)CC1)Nc1cn[nH]c(=O)c1C(F)(F)F. The van der Waals surface area contributed by atoms with Crippen LogP contribution in [0.1, 0.15) is 42.1 Å². The van der Waals surface area contributed by atoms with Gasteiger partial charge in [0.2, 0.25) is 11.9 Å². The molecule has 37 heavy (non-hydrogen) atoms. The van der Waals surface area contributed by atoms with Crippen molar-refractivity contribution < 1.29 is 32.7 Å². The Bertz CT molecular complexity index is 1120. The van der Waals surface area contributed by atoms with E-state index in [1.807, 2.05) is 4.90 Å². The lowest BCUT2D eigenvalue weighted by molar-refractivity contribution is -0.138. The van der Waals surface area contributed by atoms with Crippen LogP contribution in [0, 0.1) is 0 Å². The normalized spacial score (nSPS) is 15.2. The van der Waals surface area contributed by atoms with E-state index in [4.69, 9.17) is 9.94 Å². The van der Waals surface area contributed by atoms with Crippen LogP contribution in [0.15, 0.2) is 23.4 Å². The number of hydrogen-bond donors (Lipinski definition) is 5. The number of alkyl halides is 3. The van der Waals surface area contributed by atoms with Crippen molar-refractivity contribution in [2.45, 2.75) is 44.4 Å². The number of H-pyrrole nitrogens is 1. The Balaban J connectivity index is 1.35. The molecule has 0 radical (unpaired) electrons. The molecule has 3 heterocycles. The van der Waals surface area contributed by atoms with Crippen LogP contribution in [0.25, 0.3) is 0 Å². The quantitative estimate of drug-likeness (QED) is 0.168. The number of amides is 2. The minimum absolute atomic E-state index is 0.00845. The molecule has 1 aliphatic rings. The molecule has 202 valence electrons. The molecule has 3 rings (SSSR count). The Morgan fingerprint density at radius 2 is 1.92 bits per heavy atom. The van der Waals surface area contributed by atoms with Crippen molar-refractivity contribution >= 4 is 23.5 Å². The van der Waals surface area contributed by atoms with Crippen LogP contribution in [-0.4, -0.2) is 75.6 Å². The minimum atomic E-state index is -4.84. The summed E-state index contributed by atoms with van der Waals surface area (Å²) in [6, 6.07) is -0.625. The molecule has 0 aliphatic carbocycles. The number of ether oxygens (including phenoxy) is 1. The summed E-state index contributed by atoms with van der Waals surface area (Å²) in [7, 11) is 0. The number of rotatable bonds is 10. The number of carbonyl (C=O) groups excluding carboxylic acids is 2. The van der Waals surface area contributed by atoms with Gasteiger partial charge in [0.25, 0.3) is 11.5 Å². The second-order valence-corrected chi connectivity index (χ2v) is 8.40. The van der Waals surface area contributed by atoms with E-state index in [-0.39, 0.29) is 37.1 Å². The topological polar surface area (TPSA) is 174 Å². The van der Waals surface area contributed by atoms with Crippen molar-refractivity contribution in [1.29, 1.82) is 0 Å². The lowest BCUT2D eigenvalue weighted by atomic mass is 10.1. The molecular weight excluding hydrogens is 501 g/mol. The zero-order chi connectivity index (χ0) is 27.0. The van der Waals surface area contributed by atoms with E-state index in [0.29, 0.717) is 31.9 Å². The van der Waals surface area contributed by atoms with Gasteiger partial charge in [0.1, 0.15) is 5.56 Å². The third-order valence-corrected chi connectivity index (χ3v) is 5.53. The molecule has 1 saturated heterocycles. The highest BCUT2D eigenvalue weighted by Crippen LogP contribution is 2.31. The number of hydrogen-bond acceptors (Lipinski definition) is 10. The first-order valence-corrected chi connectivity index (χ1v) is 11.4. The summed E-state index contributed by atoms with van der Waals surface area (Å²) in [4.78, 5) is 45.3. The monoisotopic (exact) mass is 528 g/mol. The summed E-state index contributed by atoms with van der Waals surface area (Å²) in [5.74, 6) is -0.482. The summed E-state index contributed by atoms with van der Waals surface area (Å²) in [5, 5.41) is 19.3. The average Bonchev–Trinajstić information content (AvgIpc) is 2.86. The van der Waals surface area contributed by atoms with Gasteiger partial charge < -0.3 is 20.3 Å². The number of nitrogens with one attached hydrogen (secondary N) is 4. The van der Waals surface area contributed by atoms with Gasteiger partial charge in [-0.25, -0.2) is 20.5 Å². The van der Waals surface area contributed by atoms with E-state index in [0.717, 1.165) is 6.20 Å². The number of aromatic nitrogens is 4. The zero-order valence-corrected chi connectivity index (χ0v) is 19.8. The Morgan fingerprint density at radius 3 is 2.54 bits per heavy atom. The summed E-state index contributed by atoms with van der Waals surface area (Å²) in [6.45, 7) is 2.83. The first-order chi connectivity index (χ1) is 17.6. The number of carbonyl (C=O) groups is 2. The van der Waals surface area contributed by atoms with E-state index in [2.05, 4.69) is 25.7 Å². The number of nitrogens with zero attached hydrogens (tertiary/aromatic N) is 4. The Labute approximate surface area is 208 Å². The van der Waals surface area contributed by atoms with Crippen molar-refractivity contribution in [2.75, 3.05) is 36.5 Å². The van der Waals surface area contributed by atoms with E-state index in [1.165, 1.54) is 17.9 Å². The van der Waals surface area contributed by atoms with Gasteiger partial charge in [-0.3, -0.25) is 19.6 Å². The molecule has 0 unspecified atom stereocenters. The van der Waals surface area contributed by atoms with Gasteiger partial charge in [-0.15, -0.1) is 0 Å². The van der Waals surface area contributed by atoms with Crippen molar-refractivity contribution in [3.05, 3.63) is 40.1 Å². The molecule has 1 aliphatic heterocycles. The maximum Gasteiger partial charge on any atom is 0.423 e. The smallest absolute Gasteiger partial charge is 0.379 e. The van der Waals surface area contributed by atoms with E-state index in [1.54, 1.807) is 12.0 Å². The van der Waals surface area contributed by atoms with Gasteiger partial charge in [0, 0.05) is 44.0 Å². The van der Waals surface area contributed by atoms with Crippen molar-refractivity contribution in [2.24, 2.45) is 0 Å². The predicted octanol–water partition coefficient (Wildman–Crippen LogP) is 0.690. The van der Waals surface area contributed by atoms with Crippen LogP contribution in [0.3, 0.4) is 0 Å². The fraction of sp³-hybridized carbons (Fsp3) is 0.524. The molecule has 0 aromatic carbocycles. The van der Waals surface area contributed by atoms with Gasteiger partial charge in [-0.05, 0) is 19.8 Å². The van der Waals surface area contributed by atoms with Crippen molar-refractivity contribution in [3.8, 4) is 0 Å². The number of piperidine rings is 1. The maximum absolute atomic E-state index is 13.1. The number of halogens is 3. The lowest BCUT2D eigenvalue weighted by Crippen LogP contribution is -2.45. The van der Waals surface area contributed by atoms with Crippen LogP contribution < -0.4 is 26.6 Å². The highest BCUT2D eigenvalue weighted by molar-refractivity contribution is 5.92. The lowest BCUT2D eigenvalue weighted by Gasteiger charge is -2.32. The summed E-state index contributed by atoms with van der Waals surface area (Å²) < 4.78 is 44.8. The van der Waals surface area contributed by atoms with Gasteiger partial charge in [0.15, 0.2) is 0 Å². The second kappa shape index (κ2) is 12.4. The van der Waals surface area contributed by atoms with Crippen molar-refractivity contribution in [1.82, 2.24) is 31.0 Å². The number of hydroxylamine groups is 1. The molecule has 2 aromatic heterocycles. The van der Waals surface area contributed by atoms with Crippen LogP contribution in [0.4, 0.5) is 24.8 Å². The fourth-order valence-electron chi connectivity index (χ4n) is 3.71. The fourth-order valence-corrected chi connectivity index (χ4v) is 3.71. The second-order valence-electron chi connectivity index (χ2n) is 8.40. The number of anilines is 2. The molecular formula is C21H27F3N8O5.